The Balaban J connectivity index is 1.30. The van der Waals surface area contributed by atoms with Gasteiger partial charge in [-0.05, 0) is 96.5 Å². The Kier molecular flexibility index (Phi) is 10.5. The Hall–Kier alpha value is -2.52. The summed E-state index contributed by atoms with van der Waals surface area (Å²) in [6.07, 6.45) is 19.1. The molecule has 0 saturated heterocycles. The highest BCUT2D eigenvalue weighted by Gasteiger charge is 2.21. The summed E-state index contributed by atoms with van der Waals surface area (Å²) >= 11 is 0. The molecule has 0 atom stereocenters. The largest absolute Gasteiger partial charge is 0.0654 e. The molecule has 3 aromatic rings. The van der Waals surface area contributed by atoms with Gasteiger partial charge in [-0.2, -0.15) is 0 Å². The van der Waals surface area contributed by atoms with Crippen molar-refractivity contribution in [1.82, 2.24) is 0 Å². The third kappa shape index (κ3) is 8.00. The molecule has 0 aliphatic heterocycles. The first-order valence-corrected chi connectivity index (χ1v) is 14.9. The zero-order valence-corrected chi connectivity index (χ0v) is 22.8. The van der Waals surface area contributed by atoms with Crippen LogP contribution < -0.4 is 0 Å². The van der Waals surface area contributed by atoms with Gasteiger partial charge >= 0.3 is 0 Å². The van der Waals surface area contributed by atoms with E-state index in [1.165, 1.54) is 112 Å². The third-order valence-corrected chi connectivity index (χ3v) is 8.27. The van der Waals surface area contributed by atoms with Crippen molar-refractivity contribution < 1.29 is 0 Å². The van der Waals surface area contributed by atoms with Crippen LogP contribution in [0.25, 0.3) is 10.8 Å². The van der Waals surface area contributed by atoms with Crippen molar-refractivity contribution in [3.63, 3.8) is 0 Å². The van der Waals surface area contributed by atoms with E-state index in [9.17, 15) is 0 Å². The number of benzene rings is 3. The van der Waals surface area contributed by atoms with Crippen LogP contribution in [0.2, 0.25) is 0 Å². The zero-order valence-electron chi connectivity index (χ0n) is 22.8. The van der Waals surface area contributed by atoms with Crippen LogP contribution in [-0.4, -0.2) is 0 Å². The zero-order chi connectivity index (χ0) is 25.0. The minimum Gasteiger partial charge on any atom is -0.0654 e. The molecule has 0 unspecified atom stereocenters. The molecule has 1 aliphatic rings. The van der Waals surface area contributed by atoms with Gasteiger partial charge < -0.3 is 0 Å². The van der Waals surface area contributed by atoms with E-state index >= 15 is 0 Å². The second-order valence-electron chi connectivity index (χ2n) is 11.1. The molecule has 0 bridgehead atoms. The molecular formula is C36H46. The maximum absolute atomic E-state index is 3.40. The lowest BCUT2D eigenvalue weighted by Crippen LogP contribution is -2.13. The Labute approximate surface area is 220 Å². The van der Waals surface area contributed by atoms with Crippen molar-refractivity contribution in [1.29, 1.82) is 0 Å². The minimum absolute atomic E-state index is 0.746. The van der Waals surface area contributed by atoms with Crippen molar-refractivity contribution in [3.05, 3.63) is 82.9 Å². The van der Waals surface area contributed by atoms with E-state index in [-0.39, 0.29) is 0 Å². The number of fused-ring (bicyclic) bond motifs is 1. The number of hydrogen-bond acceptors (Lipinski definition) is 0. The summed E-state index contributed by atoms with van der Waals surface area (Å²) in [6, 6.07) is 22.7. The summed E-state index contributed by atoms with van der Waals surface area (Å²) in [5.41, 5.74) is 5.19. The van der Waals surface area contributed by atoms with Crippen molar-refractivity contribution in [2.75, 3.05) is 0 Å². The normalized spacial score (nSPS) is 17.6. The molecule has 0 radical (unpaired) electrons. The molecule has 1 aliphatic carbocycles. The van der Waals surface area contributed by atoms with E-state index in [1.807, 2.05) is 0 Å². The summed E-state index contributed by atoms with van der Waals surface area (Å²) in [4.78, 5) is 0. The maximum Gasteiger partial charge on any atom is 0.0255 e. The lowest BCUT2D eigenvalue weighted by atomic mass is 9.77. The molecule has 1 saturated carbocycles. The fourth-order valence-electron chi connectivity index (χ4n) is 5.91. The van der Waals surface area contributed by atoms with Crippen LogP contribution in [-0.2, 0) is 6.42 Å². The standard InChI is InChI=1S/C36H46/c1-3-5-7-8-10-12-31-19-25-36-28-32(20-26-35(36)27-31)14-13-30-17-23-34(24-18-30)33-21-15-29(16-22-33)11-9-6-4-2/h17-20,23-29,33H,3-12,15-16,21-22H2,1-2H3/t29-,33-. The summed E-state index contributed by atoms with van der Waals surface area (Å²) < 4.78 is 0. The highest BCUT2D eigenvalue weighted by Crippen LogP contribution is 2.37. The fourth-order valence-corrected chi connectivity index (χ4v) is 5.91. The van der Waals surface area contributed by atoms with E-state index in [0.29, 0.717) is 0 Å². The monoisotopic (exact) mass is 478 g/mol. The van der Waals surface area contributed by atoms with Gasteiger partial charge in [0.05, 0.1) is 0 Å². The Bertz CT molecular complexity index is 1120. The van der Waals surface area contributed by atoms with E-state index in [2.05, 4.69) is 86.4 Å². The number of hydrogen-bond donors (Lipinski definition) is 0. The predicted molar refractivity (Wildman–Crippen MR) is 158 cm³/mol. The first-order valence-electron chi connectivity index (χ1n) is 14.9. The molecule has 0 amide bonds. The number of rotatable bonds is 11. The van der Waals surface area contributed by atoms with Crippen LogP contribution in [0.4, 0.5) is 0 Å². The van der Waals surface area contributed by atoms with Gasteiger partial charge in [0.25, 0.3) is 0 Å². The SMILES string of the molecule is CCCCCCCc1ccc2cc(C#Cc3ccc([C@H]4CC[C@H](CCCCC)CC4)cc3)ccc2c1. The average Bonchev–Trinajstić information content (AvgIpc) is 2.92. The third-order valence-electron chi connectivity index (χ3n) is 8.27. The van der Waals surface area contributed by atoms with E-state index < -0.39 is 0 Å². The molecule has 1 fully saturated rings. The summed E-state index contributed by atoms with van der Waals surface area (Å²) in [5.74, 6) is 8.52. The van der Waals surface area contributed by atoms with E-state index in [4.69, 9.17) is 0 Å². The fraction of sp³-hybridized carbons (Fsp3) is 0.500. The molecule has 0 N–H and O–H groups in total. The molecule has 0 aromatic heterocycles. The molecule has 0 heteroatoms. The van der Waals surface area contributed by atoms with Crippen LogP contribution in [0.1, 0.15) is 125 Å². The lowest BCUT2D eigenvalue weighted by Gasteiger charge is -2.29. The van der Waals surface area contributed by atoms with Crippen molar-refractivity contribution in [2.24, 2.45) is 5.92 Å². The maximum atomic E-state index is 3.40. The molecule has 0 spiro atoms. The van der Waals surface area contributed by atoms with Gasteiger partial charge in [-0.15, -0.1) is 0 Å². The summed E-state index contributed by atoms with van der Waals surface area (Å²) in [5, 5.41) is 2.62. The highest BCUT2D eigenvalue weighted by molar-refractivity contribution is 5.84. The van der Waals surface area contributed by atoms with Gasteiger partial charge in [0.2, 0.25) is 0 Å². The minimum atomic E-state index is 0.746. The Morgan fingerprint density at radius 1 is 0.611 bits per heavy atom. The Morgan fingerprint density at radius 2 is 1.25 bits per heavy atom. The van der Waals surface area contributed by atoms with Gasteiger partial charge in [0, 0.05) is 11.1 Å². The quantitative estimate of drug-likeness (QED) is 0.190. The molecule has 0 nitrogen and oxygen atoms in total. The average molecular weight is 479 g/mol. The second kappa shape index (κ2) is 14.3. The van der Waals surface area contributed by atoms with Crippen molar-refractivity contribution in [2.45, 2.75) is 110 Å². The van der Waals surface area contributed by atoms with E-state index in [1.54, 1.807) is 0 Å². The lowest BCUT2D eigenvalue weighted by molar-refractivity contribution is 0.303. The molecule has 36 heavy (non-hydrogen) atoms. The van der Waals surface area contributed by atoms with Gasteiger partial charge in [-0.1, -0.05) is 113 Å². The second-order valence-corrected chi connectivity index (χ2v) is 11.1. The van der Waals surface area contributed by atoms with Crippen LogP contribution in [0, 0.1) is 17.8 Å². The van der Waals surface area contributed by atoms with Crippen LogP contribution in [0.5, 0.6) is 0 Å². The van der Waals surface area contributed by atoms with Crippen LogP contribution in [0.15, 0.2) is 60.7 Å². The topological polar surface area (TPSA) is 0 Å². The first-order chi connectivity index (χ1) is 17.7. The summed E-state index contributed by atoms with van der Waals surface area (Å²) in [6.45, 7) is 4.58. The summed E-state index contributed by atoms with van der Waals surface area (Å²) in [7, 11) is 0. The smallest absolute Gasteiger partial charge is 0.0255 e. The van der Waals surface area contributed by atoms with Crippen molar-refractivity contribution >= 4 is 10.8 Å². The van der Waals surface area contributed by atoms with Gasteiger partial charge in [0.15, 0.2) is 0 Å². The van der Waals surface area contributed by atoms with Gasteiger partial charge in [-0.3, -0.25) is 0 Å². The molecular weight excluding hydrogens is 432 g/mol. The van der Waals surface area contributed by atoms with Crippen LogP contribution >= 0.6 is 0 Å². The van der Waals surface area contributed by atoms with E-state index in [0.717, 1.165) is 23.0 Å². The molecule has 3 aromatic carbocycles. The molecule has 190 valence electrons. The van der Waals surface area contributed by atoms with Crippen LogP contribution in [0.3, 0.4) is 0 Å². The number of aryl methyl sites for hydroxylation is 1. The van der Waals surface area contributed by atoms with Gasteiger partial charge in [0.1, 0.15) is 0 Å². The molecule has 0 heterocycles. The highest BCUT2D eigenvalue weighted by atomic mass is 14.3. The van der Waals surface area contributed by atoms with Crippen molar-refractivity contribution in [3.8, 4) is 11.8 Å². The molecule has 4 rings (SSSR count). The van der Waals surface area contributed by atoms with Gasteiger partial charge in [-0.25, -0.2) is 0 Å². The predicted octanol–water partition coefficient (Wildman–Crippen LogP) is 10.6. The number of unbranched alkanes of at least 4 members (excludes halogenated alkanes) is 6. The Morgan fingerprint density at radius 3 is 2.03 bits per heavy atom. The first kappa shape index (κ1) is 26.5.